The molecule has 3 heteroatoms. The fourth-order valence-corrected chi connectivity index (χ4v) is 2.30. The lowest BCUT2D eigenvalue weighted by Gasteiger charge is -2.25. The predicted octanol–water partition coefficient (Wildman–Crippen LogP) is 1.06. The molecule has 0 aromatic carbocycles. The van der Waals surface area contributed by atoms with Gasteiger partial charge < -0.3 is 10.4 Å². The minimum Gasteiger partial charge on any atom is -0.393 e. The van der Waals surface area contributed by atoms with Gasteiger partial charge in [0.1, 0.15) is 0 Å². The maximum atomic E-state index is 11.5. The molecule has 2 aliphatic rings. The maximum absolute atomic E-state index is 11.5. The second-order valence-corrected chi connectivity index (χ2v) is 4.63. The van der Waals surface area contributed by atoms with E-state index in [2.05, 4.69) is 5.32 Å². The standard InChI is InChI=1S/C11H19NO2/c13-10-6-2-5-9(10)7-12-11(14)8-3-1-4-8/h8-10,13H,1-7H2,(H,12,14). The molecule has 0 spiro atoms. The highest BCUT2D eigenvalue weighted by atomic mass is 16.3. The van der Waals surface area contributed by atoms with Crippen molar-refractivity contribution in [3.8, 4) is 0 Å². The summed E-state index contributed by atoms with van der Waals surface area (Å²) in [5.74, 6) is 0.780. The first-order chi connectivity index (χ1) is 6.77. The highest BCUT2D eigenvalue weighted by Crippen LogP contribution is 2.27. The summed E-state index contributed by atoms with van der Waals surface area (Å²) in [4.78, 5) is 11.5. The number of carbonyl (C=O) groups excluding carboxylic acids is 1. The number of nitrogens with one attached hydrogen (secondary N) is 1. The van der Waals surface area contributed by atoms with Gasteiger partial charge >= 0.3 is 0 Å². The lowest BCUT2D eigenvalue weighted by Crippen LogP contribution is -2.38. The molecule has 0 aromatic heterocycles. The molecule has 2 atom stereocenters. The molecule has 14 heavy (non-hydrogen) atoms. The van der Waals surface area contributed by atoms with Gasteiger partial charge in [-0.3, -0.25) is 4.79 Å². The highest BCUT2D eigenvalue weighted by Gasteiger charge is 2.28. The zero-order valence-corrected chi connectivity index (χ0v) is 8.54. The van der Waals surface area contributed by atoms with Crippen LogP contribution in [0.2, 0.25) is 0 Å². The van der Waals surface area contributed by atoms with Crippen molar-refractivity contribution >= 4 is 5.91 Å². The molecule has 2 unspecified atom stereocenters. The largest absolute Gasteiger partial charge is 0.393 e. The highest BCUT2D eigenvalue weighted by molar-refractivity contribution is 5.79. The van der Waals surface area contributed by atoms with Gasteiger partial charge in [0.05, 0.1) is 6.10 Å². The maximum Gasteiger partial charge on any atom is 0.223 e. The van der Waals surface area contributed by atoms with Gasteiger partial charge in [-0.05, 0) is 25.7 Å². The van der Waals surface area contributed by atoms with Gasteiger partial charge in [-0.15, -0.1) is 0 Å². The smallest absolute Gasteiger partial charge is 0.223 e. The number of rotatable bonds is 3. The predicted molar refractivity (Wildman–Crippen MR) is 53.7 cm³/mol. The number of aliphatic hydroxyl groups is 1. The van der Waals surface area contributed by atoms with Gasteiger partial charge in [-0.1, -0.05) is 12.8 Å². The average molecular weight is 197 g/mol. The van der Waals surface area contributed by atoms with Crippen molar-refractivity contribution in [1.29, 1.82) is 0 Å². The lowest BCUT2D eigenvalue weighted by molar-refractivity contribution is -0.127. The van der Waals surface area contributed by atoms with Crippen LogP contribution in [0.1, 0.15) is 38.5 Å². The fraction of sp³-hybridized carbons (Fsp3) is 0.909. The number of carbonyl (C=O) groups is 1. The Bertz CT molecular complexity index is 213. The molecule has 2 aliphatic carbocycles. The third-order valence-electron chi connectivity index (χ3n) is 3.63. The molecule has 0 aromatic rings. The molecule has 0 heterocycles. The normalized spacial score (nSPS) is 32.6. The molecular weight excluding hydrogens is 178 g/mol. The summed E-state index contributed by atoms with van der Waals surface area (Å²) in [5, 5.41) is 12.5. The van der Waals surface area contributed by atoms with Crippen LogP contribution in [0.15, 0.2) is 0 Å². The molecule has 2 rings (SSSR count). The van der Waals surface area contributed by atoms with Gasteiger partial charge in [0.15, 0.2) is 0 Å². The Hall–Kier alpha value is -0.570. The van der Waals surface area contributed by atoms with Crippen LogP contribution < -0.4 is 5.32 Å². The van der Waals surface area contributed by atoms with Crippen molar-refractivity contribution in [3.63, 3.8) is 0 Å². The molecule has 2 fully saturated rings. The Morgan fingerprint density at radius 3 is 2.43 bits per heavy atom. The quantitative estimate of drug-likeness (QED) is 0.711. The number of aliphatic hydroxyl groups excluding tert-OH is 1. The van der Waals surface area contributed by atoms with E-state index in [0.717, 1.165) is 32.1 Å². The second kappa shape index (κ2) is 4.30. The summed E-state index contributed by atoms with van der Waals surface area (Å²) in [6.07, 6.45) is 6.19. The molecule has 0 saturated heterocycles. The third-order valence-corrected chi connectivity index (χ3v) is 3.63. The monoisotopic (exact) mass is 197 g/mol. The molecule has 3 nitrogen and oxygen atoms in total. The molecular formula is C11H19NO2. The van der Waals surface area contributed by atoms with Gasteiger partial charge in [0.25, 0.3) is 0 Å². The molecule has 0 radical (unpaired) electrons. The Labute approximate surface area is 84.9 Å². The first kappa shape index (κ1) is 9.97. The van der Waals surface area contributed by atoms with Gasteiger partial charge in [0, 0.05) is 18.4 Å². The van der Waals surface area contributed by atoms with E-state index >= 15 is 0 Å². The van der Waals surface area contributed by atoms with Crippen LogP contribution in [-0.2, 0) is 4.79 Å². The van der Waals surface area contributed by atoms with Crippen molar-refractivity contribution in [3.05, 3.63) is 0 Å². The van der Waals surface area contributed by atoms with Crippen LogP contribution in [0, 0.1) is 11.8 Å². The van der Waals surface area contributed by atoms with Gasteiger partial charge in [-0.25, -0.2) is 0 Å². The first-order valence-corrected chi connectivity index (χ1v) is 5.73. The van der Waals surface area contributed by atoms with E-state index in [4.69, 9.17) is 0 Å². The SMILES string of the molecule is O=C(NCC1CCCC1O)C1CCC1. The van der Waals surface area contributed by atoms with E-state index < -0.39 is 0 Å². The summed E-state index contributed by atoms with van der Waals surface area (Å²) >= 11 is 0. The summed E-state index contributed by atoms with van der Waals surface area (Å²) < 4.78 is 0. The summed E-state index contributed by atoms with van der Waals surface area (Å²) in [6.45, 7) is 0.677. The minimum atomic E-state index is -0.184. The molecule has 1 amide bonds. The Balaban J connectivity index is 1.68. The summed E-state index contributed by atoms with van der Waals surface area (Å²) in [6, 6.07) is 0. The molecule has 2 saturated carbocycles. The zero-order chi connectivity index (χ0) is 9.97. The van der Waals surface area contributed by atoms with Crippen LogP contribution in [0.5, 0.6) is 0 Å². The lowest BCUT2D eigenvalue weighted by atomic mass is 9.84. The zero-order valence-electron chi connectivity index (χ0n) is 8.54. The fourth-order valence-electron chi connectivity index (χ4n) is 2.30. The van der Waals surface area contributed by atoms with Crippen molar-refractivity contribution in [2.45, 2.75) is 44.6 Å². The van der Waals surface area contributed by atoms with Crippen LogP contribution in [0.25, 0.3) is 0 Å². The van der Waals surface area contributed by atoms with Crippen LogP contribution in [-0.4, -0.2) is 23.7 Å². The first-order valence-electron chi connectivity index (χ1n) is 5.73. The number of amides is 1. The molecule has 0 bridgehead atoms. The van der Waals surface area contributed by atoms with E-state index in [-0.39, 0.29) is 17.9 Å². The van der Waals surface area contributed by atoms with Crippen LogP contribution in [0.3, 0.4) is 0 Å². The summed E-state index contributed by atoms with van der Waals surface area (Å²) in [7, 11) is 0. The Morgan fingerprint density at radius 2 is 1.93 bits per heavy atom. The molecule has 0 aliphatic heterocycles. The second-order valence-electron chi connectivity index (χ2n) is 4.63. The third kappa shape index (κ3) is 2.08. The van der Waals surface area contributed by atoms with Crippen molar-refractivity contribution < 1.29 is 9.90 Å². The Morgan fingerprint density at radius 1 is 1.21 bits per heavy atom. The van der Waals surface area contributed by atoms with E-state index in [1.54, 1.807) is 0 Å². The molecule has 80 valence electrons. The van der Waals surface area contributed by atoms with Crippen molar-refractivity contribution in [2.24, 2.45) is 11.8 Å². The van der Waals surface area contributed by atoms with Gasteiger partial charge in [-0.2, -0.15) is 0 Å². The van der Waals surface area contributed by atoms with E-state index in [0.29, 0.717) is 12.5 Å². The number of hydrogen-bond donors (Lipinski definition) is 2. The van der Waals surface area contributed by atoms with Crippen molar-refractivity contribution in [1.82, 2.24) is 5.32 Å². The van der Waals surface area contributed by atoms with E-state index in [1.165, 1.54) is 6.42 Å². The summed E-state index contributed by atoms with van der Waals surface area (Å²) in [5.41, 5.74) is 0. The minimum absolute atomic E-state index is 0.184. The number of hydrogen-bond acceptors (Lipinski definition) is 2. The topological polar surface area (TPSA) is 49.3 Å². The van der Waals surface area contributed by atoms with Crippen molar-refractivity contribution in [2.75, 3.05) is 6.54 Å². The average Bonchev–Trinajstić information content (AvgIpc) is 2.44. The van der Waals surface area contributed by atoms with Crippen LogP contribution >= 0.6 is 0 Å². The van der Waals surface area contributed by atoms with E-state index in [9.17, 15) is 9.90 Å². The van der Waals surface area contributed by atoms with Crippen LogP contribution in [0.4, 0.5) is 0 Å². The van der Waals surface area contributed by atoms with E-state index in [1.807, 2.05) is 0 Å². The Kier molecular flexibility index (Phi) is 3.06. The molecule has 2 N–H and O–H groups in total. The van der Waals surface area contributed by atoms with Gasteiger partial charge in [0.2, 0.25) is 5.91 Å².